The zero-order valence-corrected chi connectivity index (χ0v) is 22.8. The summed E-state index contributed by atoms with van der Waals surface area (Å²) < 4.78 is 9.00. The first-order valence-electron chi connectivity index (χ1n) is 14.4. The molecule has 0 aliphatic heterocycles. The lowest BCUT2D eigenvalue weighted by Crippen LogP contribution is -1.96. The third-order valence-electron chi connectivity index (χ3n) is 8.55. The van der Waals surface area contributed by atoms with E-state index in [1.165, 1.54) is 54.8 Å². The number of nitrogens with zero attached hydrogens (tertiary/aromatic N) is 1. The molecule has 9 aromatic rings. The summed E-state index contributed by atoms with van der Waals surface area (Å²) in [6.07, 6.45) is 0. The Morgan fingerprint density at radius 3 is 1.79 bits per heavy atom. The third-order valence-corrected chi connectivity index (χ3v) is 8.55. The molecule has 2 aromatic heterocycles. The average Bonchev–Trinajstić information content (AvgIpc) is 3.61. The van der Waals surface area contributed by atoms with Crippen LogP contribution >= 0.6 is 0 Å². The van der Waals surface area contributed by atoms with Gasteiger partial charge in [-0.2, -0.15) is 0 Å². The van der Waals surface area contributed by atoms with Gasteiger partial charge < -0.3 is 8.98 Å². The van der Waals surface area contributed by atoms with E-state index in [-0.39, 0.29) is 0 Å². The Morgan fingerprint density at radius 1 is 0.405 bits per heavy atom. The quantitative estimate of drug-likeness (QED) is 0.220. The Bertz CT molecular complexity index is 2390. The van der Waals surface area contributed by atoms with E-state index < -0.39 is 0 Å². The third kappa shape index (κ3) is 3.39. The maximum Gasteiger partial charge on any atom is 0.143 e. The predicted octanol–water partition coefficient (Wildman–Crippen LogP) is 11.2. The van der Waals surface area contributed by atoms with Crippen LogP contribution in [0.25, 0.3) is 82.5 Å². The molecule has 0 N–H and O–H groups in total. The molecule has 0 spiro atoms. The van der Waals surface area contributed by atoms with Crippen LogP contribution in [-0.2, 0) is 0 Å². The second kappa shape index (κ2) is 8.95. The average molecular weight is 536 g/mol. The number of rotatable bonds is 3. The minimum absolute atomic E-state index is 0.916. The van der Waals surface area contributed by atoms with Crippen LogP contribution in [-0.4, -0.2) is 4.57 Å². The second-order valence-corrected chi connectivity index (χ2v) is 11.0. The van der Waals surface area contributed by atoms with Crippen LogP contribution in [0.3, 0.4) is 0 Å². The molecule has 196 valence electrons. The van der Waals surface area contributed by atoms with Crippen molar-refractivity contribution < 1.29 is 4.42 Å². The summed E-state index contributed by atoms with van der Waals surface area (Å²) >= 11 is 0. The predicted molar refractivity (Wildman–Crippen MR) is 176 cm³/mol. The molecule has 0 amide bonds. The van der Waals surface area contributed by atoms with Crippen LogP contribution in [0.5, 0.6) is 0 Å². The minimum Gasteiger partial charge on any atom is -0.455 e. The van der Waals surface area contributed by atoms with Crippen molar-refractivity contribution in [3.63, 3.8) is 0 Å². The van der Waals surface area contributed by atoms with Crippen molar-refractivity contribution >= 4 is 54.5 Å². The van der Waals surface area contributed by atoms with E-state index in [1.54, 1.807) is 0 Å². The van der Waals surface area contributed by atoms with Crippen molar-refractivity contribution in [2.45, 2.75) is 0 Å². The van der Waals surface area contributed by atoms with Crippen molar-refractivity contribution in [1.29, 1.82) is 0 Å². The fraction of sp³-hybridized carbons (Fsp3) is 0. The van der Waals surface area contributed by atoms with Crippen LogP contribution in [0.4, 0.5) is 0 Å². The maximum atomic E-state index is 6.58. The molecule has 0 atom stereocenters. The highest BCUT2D eigenvalue weighted by atomic mass is 16.3. The number of hydrogen-bond acceptors (Lipinski definition) is 1. The monoisotopic (exact) mass is 535 g/mol. The molecule has 0 unspecified atom stereocenters. The maximum absolute atomic E-state index is 6.58. The summed E-state index contributed by atoms with van der Waals surface area (Å²) in [5, 5.41) is 7.11. The van der Waals surface area contributed by atoms with Crippen molar-refractivity contribution in [2.24, 2.45) is 0 Å². The van der Waals surface area contributed by atoms with Gasteiger partial charge in [-0.05, 0) is 70.1 Å². The molecule has 0 radical (unpaired) electrons. The Kier molecular flexibility index (Phi) is 4.93. The van der Waals surface area contributed by atoms with Crippen LogP contribution in [0, 0.1) is 0 Å². The van der Waals surface area contributed by atoms with Gasteiger partial charge in [-0.15, -0.1) is 0 Å². The van der Waals surface area contributed by atoms with Crippen LogP contribution in [0.15, 0.2) is 156 Å². The molecule has 0 aliphatic rings. The molecular weight excluding hydrogens is 510 g/mol. The van der Waals surface area contributed by atoms with Gasteiger partial charge in [0.1, 0.15) is 11.2 Å². The number of furan rings is 1. The number of hydrogen-bond donors (Lipinski definition) is 0. The normalized spacial score (nSPS) is 11.8. The minimum atomic E-state index is 0.916. The molecule has 0 saturated carbocycles. The van der Waals surface area contributed by atoms with Crippen LogP contribution in [0.2, 0.25) is 0 Å². The highest BCUT2D eigenvalue weighted by Gasteiger charge is 2.20. The van der Waals surface area contributed by atoms with E-state index in [9.17, 15) is 0 Å². The molecule has 7 aromatic carbocycles. The van der Waals surface area contributed by atoms with Gasteiger partial charge in [0, 0.05) is 32.6 Å². The summed E-state index contributed by atoms with van der Waals surface area (Å²) in [6.45, 7) is 0. The summed E-state index contributed by atoms with van der Waals surface area (Å²) in [4.78, 5) is 0. The molecule has 0 bridgehead atoms. The SMILES string of the molecule is c1ccc(-c2cc(-c3ccccc3)cc(-n3c4ccccc4c4c5c(ccc43)oc3c4ccccc4ccc35)c2)cc1. The zero-order valence-electron chi connectivity index (χ0n) is 22.8. The molecule has 42 heavy (non-hydrogen) atoms. The Balaban J connectivity index is 1.41. The van der Waals surface area contributed by atoms with Gasteiger partial charge in [0.2, 0.25) is 0 Å². The van der Waals surface area contributed by atoms with E-state index in [2.05, 4.69) is 156 Å². The van der Waals surface area contributed by atoms with Crippen LogP contribution in [0.1, 0.15) is 0 Å². The molecule has 9 rings (SSSR count). The lowest BCUT2D eigenvalue weighted by molar-refractivity contribution is 0.673. The highest BCUT2D eigenvalue weighted by molar-refractivity contribution is 6.29. The van der Waals surface area contributed by atoms with E-state index >= 15 is 0 Å². The number of fused-ring (bicyclic) bond motifs is 9. The molecule has 2 heterocycles. The van der Waals surface area contributed by atoms with E-state index in [4.69, 9.17) is 4.42 Å². The topological polar surface area (TPSA) is 18.1 Å². The number of para-hydroxylation sites is 1. The van der Waals surface area contributed by atoms with E-state index in [1.807, 2.05) is 0 Å². The molecule has 2 nitrogen and oxygen atoms in total. The standard InChI is InChI=1S/C40H25NO/c1-3-11-26(12-4-1)29-23-30(27-13-5-2-6-14-27)25-31(24-29)41-35-18-10-9-17-33(35)38-36(41)21-22-37-39(38)34-20-19-28-15-7-8-16-32(28)40(34)42-37/h1-25H. The van der Waals surface area contributed by atoms with Crippen molar-refractivity contribution in [1.82, 2.24) is 4.57 Å². The lowest BCUT2D eigenvalue weighted by Gasteiger charge is -2.14. The zero-order chi connectivity index (χ0) is 27.6. The summed E-state index contributed by atoms with van der Waals surface area (Å²) in [5.74, 6) is 0. The number of aromatic nitrogens is 1. The van der Waals surface area contributed by atoms with Gasteiger partial charge in [0.05, 0.1) is 11.0 Å². The van der Waals surface area contributed by atoms with Crippen molar-refractivity contribution in [3.8, 4) is 27.9 Å². The first kappa shape index (κ1) is 23.1. The van der Waals surface area contributed by atoms with Gasteiger partial charge in [-0.1, -0.05) is 109 Å². The molecule has 0 saturated heterocycles. The van der Waals surface area contributed by atoms with Gasteiger partial charge in [-0.3, -0.25) is 0 Å². The van der Waals surface area contributed by atoms with Gasteiger partial charge >= 0.3 is 0 Å². The van der Waals surface area contributed by atoms with E-state index in [0.717, 1.165) is 27.6 Å². The summed E-state index contributed by atoms with van der Waals surface area (Å²) in [5.41, 5.74) is 10.1. The van der Waals surface area contributed by atoms with Crippen LogP contribution < -0.4 is 0 Å². The summed E-state index contributed by atoms with van der Waals surface area (Å²) in [7, 11) is 0. The molecule has 2 heteroatoms. The van der Waals surface area contributed by atoms with Gasteiger partial charge in [0.25, 0.3) is 0 Å². The first-order valence-corrected chi connectivity index (χ1v) is 14.4. The fourth-order valence-corrected chi connectivity index (χ4v) is 6.67. The van der Waals surface area contributed by atoms with Gasteiger partial charge in [-0.25, -0.2) is 0 Å². The second-order valence-electron chi connectivity index (χ2n) is 11.0. The number of benzene rings is 7. The smallest absolute Gasteiger partial charge is 0.143 e. The van der Waals surface area contributed by atoms with E-state index in [0.29, 0.717) is 0 Å². The lowest BCUT2D eigenvalue weighted by atomic mass is 9.98. The van der Waals surface area contributed by atoms with Crippen molar-refractivity contribution in [3.05, 3.63) is 152 Å². The summed E-state index contributed by atoms with van der Waals surface area (Å²) in [6, 6.07) is 54.2. The fourth-order valence-electron chi connectivity index (χ4n) is 6.67. The Morgan fingerprint density at radius 2 is 1.05 bits per heavy atom. The Hall–Kier alpha value is -5.60. The molecule has 0 aliphatic carbocycles. The van der Waals surface area contributed by atoms with Gasteiger partial charge in [0.15, 0.2) is 0 Å². The molecular formula is C40H25NO. The first-order chi connectivity index (χ1) is 20.8. The largest absolute Gasteiger partial charge is 0.455 e. The Labute approximate surface area is 242 Å². The van der Waals surface area contributed by atoms with Crippen molar-refractivity contribution in [2.75, 3.05) is 0 Å². The highest BCUT2D eigenvalue weighted by Crippen LogP contribution is 2.43. The molecule has 0 fully saturated rings.